The lowest BCUT2D eigenvalue weighted by Crippen LogP contribution is -2.04. The molecular weight excluding hydrogens is 312 g/mol. The van der Waals surface area contributed by atoms with Gasteiger partial charge in [0.1, 0.15) is 11.6 Å². The van der Waals surface area contributed by atoms with Gasteiger partial charge in [-0.25, -0.2) is 9.67 Å². The summed E-state index contributed by atoms with van der Waals surface area (Å²) in [7, 11) is 0. The minimum Gasteiger partial charge on any atom is -0.508 e. The Bertz CT molecular complexity index is 955. The molecule has 0 unspecified atom stereocenters. The molecule has 0 aliphatic carbocycles. The summed E-state index contributed by atoms with van der Waals surface area (Å²) in [6.45, 7) is 0.725. The van der Waals surface area contributed by atoms with Crippen molar-refractivity contribution in [2.75, 3.05) is 0 Å². The summed E-state index contributed by atoms with van der Waals surface area (Å²) >= 11 is 0. The molecule has 2 aromatic carbocycles. The van der Waals surface area contributed by atoms with Gasteiger partial charge in [-0.1, -0.05) is 30.3 Å². The molecule has 0 saturated heterocycles. The number of aromatic nitrogens is 4. The van der Waals surface area contributed by atoms with E-state index >= 15 is 0 Å². The smallest absolute Gasteiger partial charge is 0.115 e. The van der Waals surface area contributed by atoms with Crippen molar-refractivity contribution < 1.29 is 5.11 Å². The molecule has 2 heterocycles. The van der Waals surface area contributed by atoms with Crippen molar-refractivity contribution in [3.05, 3.63) is 96.3 Å². The molecule has 5 heteroatoms. The van der Waals surface area contributed by atoms with E-state index in [9.17, 15) is 5.11 Å². The highest BCUT2D eigenvalue weighted by Crippen LogP contribution is 2.14. The van der Waals surface area contributed by atoms with Gasteiger partial charge in [0.15, 0.2) is 0 Å². The van der Waals surface area contributed by atoms with Gasteiger partial charge in [-0.2, -0.15) is 5.10 Å². The lowest BCUT2D eigenvalue weighted by atomic mass is 10.2. The zero-order valence-electron chi connectivity index (χ0n) is 13.7. The molecule has 0 atom stereocenters. The van der Waals surface area contributed by atoms with Gasteiger partial charge in [-0.3, -0.25) is 0 Å². The Balaban J connectivity index is 1.51. The third kappa shape index (κ3) is 3.45. The number of hydrogen-bond donors (Lipinski definition) is 1. The molecule has 0 saturated carbocycles. The molecule has 25 heavy (non-hydrogen) atoms. The van der Waals surface area contributed by atoms with Crippen LogP contribution in [0.2, 0.25) is 0 Å². The number of imidazole rings is 1. The lowest BCUT2D eigenvalue weighted by Gasteiger charge is -2.07. The minimum atomic E-state index is 0.280. The number of rotatable bonds is 5. The molecule has 124 valence electrons. The van der Waals surface area contributed by atoms with Crippen LogP contribution in [0.4, 0.5) is 0 Å². The van der Waals surface area contributed by atoms with Gasteiger partial charge < -0.3 is 9.67 Å². The molecule has 0 aliphatic heterocycles. The van der Waals surface area contributed by atoms with Gasteiger partial charge in [0, 0.05) is 31.6 Å². The van der Waals surface area contributed by atoms with Gasteiger partial charge >= 0.3 is 0 Å². The molecule has 0 amide bonds. The van der Waals surface area contributed by atoms with Crippen LogP contribution >= 0.6 is 0 Å². The third-order valence-electron chi connectivity index (χ3n) is 4.11. The van der Waals surface area contributed by atoms with Crippen LogP contribution < -0.4 is 0 Å². The first-order chi connectivity index (χ1) is 12.3. The van der Waals surface area contributed by atoms with Crippen LogP contribution in [0, 0.1) is 0 Å². The fraction of sp³-hybridized carbons (Fsp3) is 0.100. The highest BCUT2D eigenvalue weighted by molar-refractivity contribution is 5.31. The average molecular weight is 330 g/mol. The van der Waals surface area contributed by atoms with E-state index in [4.69, 9.17) is 0 Å². The number of phenols is 1. The minimum absolute atomic E-state index is 0.280. The lowest BCUT2D eigenvalue weighted by molar-refractivity contribution is 0.475. The number of para-hydroxylation sites is 1. The second-order valence-corrected chi connectivity index (χ2v) is 5.94. The third-order valence-corrected chi connectivity index (χ3v) is 4.11. The second-order valence-electron chi connectivity index (χ2n) is 5.94. The highest BCUT2D eigenvalue weighted by Gasteiger charge is 2.08. The maximum Gasteiger partial charge on any atom is 0.115 e. The Hall–Kier alpha value is -3.34. The maximum atomic E-state index is 9.40. The Morgan fingerprint density at radius 3 is 2.52 bits per heavy atom. The molecule has 1 N–H and O–H groups in total. The largest absolute Gasteiger partial charge is 0.508 e. The normalized spacial score (nSPS) is 10.9. The topological polar surface area (TPSA) is 55.9 Å². The summed E-state index contributed by atoms with van der Waals surface area (Å²) < 4.78 is 3.99. The summed E-state index contributed by atoms with van der Waals surface area (Å²) in [5.41, 5.74) is 3.28. The van der Waals surface area contributed by atoms with Crippen molar-refractivity contribution in [3.63, 3.8) is 0 Å². The molecular formula is C20H18N4O. The second kappa shape index (κ2) is 6.65. The summed E-state index contributed by atoms with van der Waals surface area (Å²) in [5, 5.41) is 13.8. The van der Waals surface area contributed by atoms with Crippen LogP contribution in [0.5, 0.6) is 5.75 Å². The summed E-state index contributed by atoms with van der Waals surface area (Å²) in [6.07, 6.45) is 8.43. The van der Waals surface area contributed by atoms with Crippen molar-refractivity contribution >= 4 is 0 Å². The molecule has 0 aliphatic rings. The molecule has 4 aromatic rings. The van der Waals surface area contributed by atoms with Crippen molar-refractivity contribution in [2.24, 2.45) is 0 Å². The predicted molar refractivity (Wildman–Crippen MR) is 95.8 cm³/mol. The Morgan fingerprint density at radius 1 is 0.920 bits per heavy atom. The zero-order chi connectivity index (χ0) is 17.1. The number of phenolic OH excluding ortho intramolecular Hbond substituents is 1. The molecule has 0 fully saturated rings. The summed E-state index contributed by atoms with van der Waals surface area (Å²) in [4.78, 5) is 4.48. The van der Waals surface area contributed by atoms with Gasteiger partial charge in [-0.05, 0) is 35.4 Å². The molecule has 2 aromatic heterocycles. The van der Waals surface area contributed by atoms with E-state index in [0.29, 0.717) is 0 Å². The first-order valence-electron chi connectivity index (χ1n) is 8.15. The number of benzene rings is 2. The predicted octanol–water partition coefficient (Wildman–Crippen LogP) is 3.41. The Kier molecular flexibility index (Phi) is 4.04. The van der Waals surface area contributed by atoms with Crippen LogP contribution in [0.1, 0.15) is 17.0 Å². The van der Waals surface area contributed by atoms with E-state index in [1.807, 2.05) is 71.9 Å². The Morgan fingerprint density at radius 2 is 1.72 bits per heavy atom. The van der Waals surface area contributed by atoms with E-state index in [0.717, 1.165) is 35.6 Å². The average Bonchev–Trinajstić information content (AvgIpc) is 3.28. The van der Waals surface area contributed by atoms with Crippen molar-refractivity contribution in [1.29, 1.82) is 0 Å². The van der Waals surface area contributed by atoms with E-state index in [-0.39, 0.29) is 5.75 Å². The first-order valence-corrected chi connectivity index (χ1v) is 8.15. The van der Waals surface area contributed by atoms with Gasteiger partial charge in [0.2, 0.25) is 0 Å². The monoisotopic (exact) mass is 330 g/mol. The quantitative estimate of drug-likeness (QED) is 0.610. The van der Waals surface area contributed by atoms with Crippen LogP contribution in [-0.4, -0.2) is 24.4 Å². The fourth-order valence-corrected chi connectivity index (χ4v) is 2.81. The van der Waals surface area contributed by atoms with E-state index in [1.165, 1.54) is 0 Å². The first kappa shape index (κ1) is 15.2. The van der Waals surface area contributed by atoms with Crippen LogP contribution in [0.25, 0.3) is 5.69 Å². The molecule has 0 radical (unpaired) electrons. The molecule has 0 spiro atoms. The molecule has 4 rings (SSSR count). The number of nitrogens with zero attached hydrogens (tertiary/aromatic N) is 4. The van der Waals surface area contributed by atoms with Crippen molar-refractivity contribution in [3.8, 4) is 11.4 Å². The van der Waals surface area contributed by atoms with Crippen molar-refractivity contribution in [2.45, 2.75) is 13.0 Å². The standard InChI is InChI=1S/C20H18N4O/c25-19-8-6-16(7-9-19)14-23-11-10-21-20(23)12-17-13-22-24(15-17)18-4-2-1-3-5-18/h1-11,13,15,25H,12,14H2. The van der Waals surface area contributed by atoms with Gasteiger partial charge in [0.25, 0.3) is 0 Å². The fourth-order valence-electron chi connectivity index (χ4n) is 2.81. The maximum absolute atomic E-state index is 9.40. The summed E-state index contributed by atoms with van der Waals surface area (Å²) in [6, 6.07) is 17.3. The van der Waals surface area contributed by atoms with Gasteiger partial charge in [-0.15, -0.1) is 0 Å². The Labute approximate surface area is 145 Å². The molecule has 5 nitrogen and oxygen atoms in total. The SMILES string of the molecule is Oc1ccc(Cn2ccnc2Cc2cnn(-c3ccccc3)c2)cc1. The zero-order valence-corrected chi connectivity index (χ0v) is 13.7. The van der Waals surface area contributed by atoms with Crippen LogP contribution in [0.3, 0.4) is 0 Å². The molecule has 0 bridgehead atoms. The van der Waals surface area contributed by atoms with Gasteiger partial charge in [0.05, 0.1) is 11.9 Å². The van der Waals surface area contributed by atoms with E-state index in [1.54, 1.807) is 12.1 Å². The summed E-state index contributed by atoms with van der Waals surface area (Å²) in [5.74, 6) is 1.27. The van der Waals surface area contributed by atoms with E-state index < -0.39 is 0 Å². The highest BCUT2D eigenvalue weighted by atomic mass is 16.3. The van der Waals surface area contributed by atoms with Crippen LogP contribution in [-0.2, 0) is 13.0 Å². The van der Waals surface area contributed by atoms with Crippen LogP contribution in [0.15, 0.2) is 79.4 Å². The number of hydrogen-bond acceptors (Lipinski definition) is 3. The van der Waals surface area contributed by atoms with Crippen molar-refractivity contribution in [1.82, 2.24) is 19.3 Å². The van der Waals surface area contributed by atoms with E-state index in [2.05, 4.69) is 14.6 Å². The number of aromatic hydroxyl groups is 1.